The predicted molar refractivity (Wildman–Crippen MR) is 71.4 cm³/mol. The summed E-state index contributed by atoms with van der Waals surface area (Å²) >= 11 is 0. The second-order valence-electron chi connectivity index (χ2n) is 4.51. The lowest BCUT2D eigenvalue weighted by atomic mass is 9.93. The third-order valence-electron chi connectivity index (χ3n) is 3.14. The van der Waals surface area contributed by atoms with Gasteiger partial charge in [0, 0.05) is 17.6 Å². The molecule has 17 heavy (non-hydrogen) atoms. The van der Waals surface area contributed by atoms with Gasteiger partial charge in [-0.25, -0.2) is 0 Å². The van der Waals surface area contributed by atoms with Crippen LogP contribution in [0.1, 0.15) is 48.1 Å². The van der Waals surface area contributed by atoms with Crippen LogP contribution in [0, 0.1) is 0 Å². The highest BCUT2D eigenvalue weighted by Crippen LogP contribution is 2.19. The number of halogens is 1. The predicted octanol–water partition coefficient (Wildman–Crippen LogP) is 2.41. The zero-order valence-electron chi connectivity index (χ0n) is 9.98. The molecule has 1 amide bonds. The summed E-state index contributed by atoms with van der Waals surface area (Å²) in [5, 5.41) is 3.01. The van der Waals surface area contributed by atoms with Crippen LogP contribution < -0.4 is 11.1 Å². The summed E-state index contributed by atoms with van der Waals surface area (Å²) in [7, 11) is 0. The lowest BCUT2D eigenvalue weighted by molar-refractivity contribution is 0.0917. The number of hydrogen-bond acceptors (Lipinski definition) is 2. The van der Waals surface area contributed by atoms with Crippen molar-refractivity contribution in [2.24, 2.45) is 5.73 Å². The molecule has 2 rings (SSSR count). The molecule has 0 aromatic heterocycles. The van der Waals surface area contributed by atoms with Gasteiger partial charge in [0.2, 0.25) is 0 Å². The third-order valence-corrected chi connectivity index (χ3v) is 3.14. The maximum Gasteiger partial charge on any atom is 0.251 e. The van der Waals surface area contributed by atoms with Crippen molar-refractivity contribution in [2.45, 2.75) is 38.3 Å². The number of nitrogens with one attached hydrogen (secondary N) is 1. The number of rotatable bonds is 3. The van der Waals surface area contributed by atoms with Crippen molar-refractivity contribution in [1.29, 1.82) is 0 Å². The largest absolute Gasteiger partial charge is 0.349 e. The highest BCUT2D eigenvalue weighted by atomic mass is 35.5. The fourth-order valence-electron chi connectivity index (χ4n) is 1.76. The molecule has 3 nitrogen and oxygen atoms in total. The fourth-order valence-corrected chi connectivity index (χ4v) is 1.76. The van der Waals surface area contributed by atoms with Crippen molar-refractivity contribution in [2.75, 3.05) is 0 Å². The normalized spacial score (nSPS) is 16.6. The Bertz CT molecular complexity index is 372. The smallest absolute Gasteiger partial charge is 0.251 e. The maximum atomic E-state index is 11.8. The summed E-state index contributed by atoms with van der Waals surface area (Å²) in [5.41, 5.74) is 7.53. The van der Waals surface area contributed by atoms with Crippen LogP contribution in [0.5, 0.6) is 0 Å². The second kappa shape index (κ2) is 6.03. The molecule has 1 aromatic rings. The van der Waals surface area contributed by atoms with Crippen LogP contribution in [0.2, 0.25) is 0 Å². The van der Waals surface area contributed by atoms with Crippen molar-refractivity contribution in [3.05, 3.63) is 35.4 Å². The molecule has 3 N–H and O–H groups in total. The van der Waals surface area contributed by atoms with Crippen LogP contribution in [0.4, 0.5) is 0 Å². The highest BCUT2D eigenvalue weighted by Gasteiger charge is 2.19. The average molecular weight is 255 g/mol. The zero-order chi connectivity index (χ0) is 11.5. The molecule has 1 aliphatic carbocycles. The van der Waals surface area contributed by atoms with E-state index < -0.39 is 0 Å². The Hall–Kier alpha value is -1.06. The van der Waals surface area contributed by atoms with Crippen molar-refractivity contribution < 1.29 is 4.79 Å². The van der Waals surface area contributed by atoms with E-state index in [0.29, 0.717) is 6.04 Å². The number of carbonyl (C=O) groups is 1. The third kappa shape index (κ3) is 3.45. The Morgan fingerprint density at radius 3 is 2.35 bits per heavy atom. The minimum absolute atomic E-state index is 0. The van der Waals surface area contributed by atoms with Crippen molar-refractivity contribution in [3.63, 3.8) is 0 Å². The van der Waals surface area contributed by atoms with E-state index in [2.05, 4.69) is 5.32 Å². The van der Waals surface area contributed by atoms with E-state index in [1.807, 2.05) is 31.2 Å². The number of nitrogens with two attached hydrogens (primary N) is 1. The van der Waals surface area contributed by atoms with Gasteiger partial charge in [0.15, 0.2) is 0 Å². The standard InChI is InChI=1S/C13H18N2O.ClH/c1-9(14)10-5-7-11(8-6-10)13(16)15-12-3-2-4-12;/h5-9,12H,2-4,14H2,1H3,(H,15,16);1H/t9-;/m0./s1. The molecule has 1 aromatic carbocycles. The van der Waals surface area contributed by atoms with Gasteiger partial charge in [-0.15, -0.1) is 12.4 Å². The van der Waals surface area contributed by atoms with E-state index in [4.69, 9.17) is 5.73 Å². The van der Waals surface area contributed by atoms with E-state index in [1.54, 1.807) is 0 Å². The average Bonchev–Trinajstić information content (AvgIpc) is 2.23. The number of carbonyl (C=O) groups excluding carboxylic acids is 1. The molecule has 1 saturated carbocycles. The maximum absolute atomic E-state index is 11.8. The Balaban J connectivity index is 0.00000144. The summed E-state index contributed by atoms with van der Waals surface area (Å²) in [6, 6.07) is 7.92. The lowest BCUT2D eigenvalue weighted by Crippen LogP contribution is -2.39. The minimum Gasteiger partial charge on any atom is -0.349 e. The molecule has 4 heteroatoms. The van der Waals surface area contributed by atoms with Crippen LogP contribution in [-0.2, 0) is 0 Å². The van der Waals surface area contributed by atoms with E-state index >= 15 is 0 Å². The summed E-state index contributed by atoms with van der Waals surface area (Å²) < 4.78 is 0. The minimum atomic E-state index is 0. The van der Waals surface area contributed by atoms with E-state index in [-0.39, 0.29) is 24.4 Å². The van der Waals surface area contributed by atoms with Gasteiger partial charge in [-0.05, 0) is 43.9 Å². The first-order chi connectivity index (χ1) is 7.66. The van der Waals surface area contributed by atoms with Gasteiger partial charge >= 0.3 is 0 Å². The number of amides is 1. The molecule has 0 aliphatic heterocycles. The van der Waals surface area contributed by atoms with Crippen molar-refractivity contribution >= 4 is 18.3 Å². The summed E-state index contributed by atoms with van der Waals surface area (Å²) in [5.74, 6) is 0.0286. The molecule has 0 unspecified atom stereocenters. The Morgan fingerprint density at radius 2 is 1.94 bits per heavy atom. The number of hydrogen-bond donors (Lipinski definition) is 2. The van der Waals surface area contributed by atoms with Gasteiger partial charge in [0.25, 0.3) is 5.91 Å². The Morgan fingerprint density at radius 1 is 1.35 bits per heavy atom. The molecular weight excluding hydrogens is 236 g/mol. The molecule has 94 valence electrons. The van der Waals surface area contributed by atoms with E-state index in [9.17, 15) is 4.79 Å². The molecule has 1 atom stereocenters. The topological polar surface area (TPSA) is 55.1 Å². The molecule has 0 spiro atoms. The van der Waals surface area contributed by atoms with Gasteiger partial charge in [-0.3, -0.25) is 4.79 Å². The van der Waals surface area contributed by atoms with Crippen molar-refractivity contribution in [3.8, 4) is 0 Å². The molecule has 1 fully saturated rings. The van der Waals surface area contributed by atoms with Crippen molar-refractivity contribution in [1.82, 2.24) is 5.32 Å². The molecule has 0 bridgehead atoms. The first-order valence-corrected chi connectivity index (χ1v) is 5.83. The molecule has 0 radical (unpaired) electrons. The van der Waals surface area contributed by atoms with Gasteiger partial charge in [0.05, 0.1) is 0 Å². The van der Waals surface area contributed by atoms with Crippen LogP contribution in [-0.4, -0.2) is 11.9 Å². The lowest BCUT2D eigenvalue weighted by Gasteiger charge is -2.26. The second-order valence-corrected chi connectivity index (χ2v) is 4.51. The van der Waals surface area contributed by atoms with Crippen LogP contribution in [0.25, 0.3) is 0 Å². The Labute approximate surface area is 108 Å². The summed E-state index contributed by atoms with van der Waals surface area (Å²) in [6.45, 7) is 1.93. The van der Waals surface area contributed by atoms with E-state index in [0.717, 1.165) is 24.0 Å². The molecule has 0 heterocycles. The van der Waals surface area contributed by atoms with E-state index in [1.165, 1.54) is 6.42 Å². The highest BCUT2D eigenvalue weighted by molar-refractivity contribution is 5.94. The SMILES string of the molecule is C[C@H](N)c1ccc(C(=O)NC2CCC2)cc1.Cl. The number of benzene rings is 1. The molecule has 1 aliphatic rings. The monoisotopic (exact) mass is 254 g/mol. The molecule has 0 saturated heterocycles. The van der Waals surface area contributed by atoms with Gasteiger partial charge < -0.3 is 11.1 Å². The van der Waals surface area contributed by atoms with Crippen LogP contribution in [0.15, 0.2) is 24.3 Å². The van der Waals surface area contributed by atoms with Gasteiger partial charge in [-0.2, -0.15) is 0 Å². The van der Waals surface area contributed by atoms with Gasteiger partial charge in [-0.1, -0.05) is 12.1 Å². The first kappa shape index (κ1) is 14.0. The zero-order valence-corrected chi connectivity index (χ0v) is 10.8. The van der Waals surface area contributed by atoms with Crippen LogP contribution in [0.3, 0.4) is 0 Å². The molecular formula is C13H19ClN2O. The van der Waals surface area contributed by atoms with Crippen LogP contribution >= 0.6 is 12.4 Å². The Kier molecular flexibility index (Phi) is 4.97. The summed E-state index contributed by atoms with van der Waals surface area (Å²) in [6.07, 6.45) is 3.46. The quantitative estimate of drug-likeness (QED) is 0.870. The first-order valence-electron chi connectivity index (χ1n) is 5.83. The fraction of sp³-hybridized carbons (Fsp3) is 0.462. The van der Waals surface area contributed by atoms with Gasteiger partial charge in [0.1, 0.15) is 0 Å². The summed E-state index contributed by atoms with van der Waals surface area (Å²) in [4.78, 5) is 11.8.